The van der Waals surface area contributed by atoms with E-state index in [9.17, 15) is 0 Å². The van der Waals surface area contributed by atoms with Crippen molar-refractivity contribution in [1.82, 2.24) is 14.8 Å². The molecule has 2 atom stereocenters. The van der Waals surface area contributed by atoms with Gasteiger partial charge >= 0.3 is 0 Å². The first-order valence-corrected chi connectivity index (χ1v) is 5.17. The lowest BCUT2D eigenvalue weighted by molar-refractivity contribution is 0.0507. The van der Waals surface area contributed by atoms with Crippen molar-refractivity contribution in [3.63, 3.8) is 0 Å². The summed E-state index contributed by atoms with van der Waals surface area (Å²) in [6.45, 7) is 0. The van der Waals surface area contributed by atoms with Crippen LogP contribution in [0.4, 0.5) is 0 Å². The predicted octanol–water partition coefficient (Wildman–Crippen LogP) is 1.28. The summed E-state index contributed by atoms with van der Waals surface area (Å²) in [7, 11) is 1.75. The maximum absolute atomic E-state index is 8.63. The van der Waals surface area contributed by atoms with E-state index in [1.165, 1.54) is 0 Å². The van der Waals surface area contributed by atoms with E-state index in [2.05, 4.69) is 10.1 Å². The standard InChI is InChI=1S/C10H14N4O/c1-15-9-4-2-3-8(5-9)14-7-12-10(6-11)13-14/h7-9H,2-5H2,1H3. The Labute approximate surface area is 88.7 Å². The summed E-state index contributed by atoms with van der Waals surface area (Å²) in [4.78, 5) is 3.91. The van der Waals surface area contributed by atoms with Gasteiger partial charge in [-0.05, 0) is 25.7 Å². The van der Waals surface area contributed by atoms with Gasteiger partial charge in [-0.3, -0.25) is 0 Å². The molecule has 80 valence electrons. The molecule has 1 heterocycles. The van der Waals surface area contributed by atoms with Crippen LogP contribution in [0, 0.1) is 11.3 Å². The second-order valence-electron chi connectivity index (χ2n) is 3.84. The summed E-state index contributed by atoms with van der Waals surface area (Å²) in [5, 5.41) is 12.7. The lowest BCUT2D eigenvalue weighted by Crippen LogP contribution is -2.24. The van der Waals surface area contributed by atoms with Gasteiger partial charge in [0.15, 0.2) is 0 Å². The fourth-order valence-electron chi connectivity index (χ4n) is 2.08. The molecule has 0 aliphatic heterocycles. The quantitative estimate of drug-likeness (QED) is 0.731. The van der Waals surface area contributed by atoms with Crippen LogP contribution in [0.2, 0.25) is 0 Å². The minimum atomic E-state index is 0.245. The van der Waals surface area contributed by atoms with E-state index in [-0.39, 0.29) is 5.82 Å². The molecule has 1 aromatic heterocycles. The smallest absolute Gasteiger partial charge is 0.252 e. The van der Waals surface area contributed by atoms with Crippen molar-refractivity contribution in [1.29, 1.82) is 5.26 Å². The number of aromatic nitrogens is 3. The van der Waals surface area contributed by atoms with Crippen molar-refractivity contribution in [3.05, 3.63) is 12.2 Å². The molecule has 0 bridgehead atoms. The molecule has 1 aliphatic carbocycles. The van der Waals surface area contributed by atoms with Crippen molar-refractivity contribution in [3.8, 4) is 6.07 Å². The number of nitrogens with zero attached hydrogens (tertiary/aromatic N) is 4. The largest absolute Gasteiger partial charge is 0.381 e. The van der Waals surface area contributed by atoms with Gasteiger partial charge in [-0.2, -0.15) is 5.26 Å². The van der Waals surface area contributed by atoms with Crippen LogP contribution in [0.15, 0.2) is 6.33 Å². The summed E-state index contributed by atoms with van der Waals surface area (Å²) < 4.78 is 7.14. The fraction of sp³-hybridized carbons (Fsp3) is 0.700. The van der Waals surface area contributed by atoms with Gasteiger partial charge in [-0.1, -0.05) is 0 Å². The first-order valence-electron chi connectivity index (χ1n) is 5.17. The van der Waals surface area contributed by atoms with Gasteiger partial charge in [-0.25, -0.2) is 9.67 Å². The summed E-state index contributed by atoms with van der Waals surface area (Å²) in [6, 6.07) is 2.27. The van der Waals surface area contributed by atoms with Crippen molar-refractivity contribution in [2.24, 2.45) is 0 Å². The molecule has 15 heavy (non-hydrogen) atoms. The Balaban J connectivity index is 2.07. The number of hydrogen-bond donors (Lipinski definition) is 0. The molecule has 0 saturated heterocycles. The zero-order valence-corrected chi connectivity index (χ0v) is 8.76. The molecule has 2 rings (SSSR count). The zero-order chi connectivity index (χ0) is 10.7. The highest BCUT2D eigenvalue weighted by Crippen LogP contribution is 2.28. The van der Waals surface area contributed by atoms with Crippen molar-refractivity contribution in [2.75, 3.05) is 7.11 Å². The molecule has 0 amide bonds. The minimum Gasteiger partial charge on any atom is -0.381 e. The van der Waals surface area contributed by atoms with Crippen LogP contribution < -0.4 is 0 Å². The molecule has 0 spiro atoms. The van der Waals surface area contributed by atoms with Crippen molar-refractivity contribution in [2.45, 2.75) is 37.8 Å². The number of hydrogen-bond acceptors (Lipinski definition) is 4. The molecule has 0 N–H and O–H groups in total. The van der Waals surface area contributed by atoms with Gasteiger partial charge in [0.2, 0.25) is 0 Å². The monoisotopic (exact) mass is 206 g/mol. The van der Waals surface area contributed by atoms with E-state index >= 15 is 0 Å². The Hall–Kier alpha value is -1.41. The third-order valence-electron chi connectivity index (χ3n) is 2.91. The van der Waals surface area contributed by atoms with Crippen molar-refractivity contribution >= 4 is 0 Å². The first-order chi connectivity index (χ1) is 7.33. The maximum atomic E-state index is 8.63. The molecule has 1 aromatic rings. The molecule has 2 unspecified atom stereocenters. The van der Waals surface area contributed by atoms with Gasteiger partial charge in [0.25, 0.3) is 5.82 Å². The SMILES string of the molecule is COC1CCCC(n2cnc(C#N)n2)C1. The van der Waals surface area contributed by atoms with Gasteiger partial charge in [0.05, 0.1) is 12.1 Å². The zero-order valence-electron chi connectivity index (χ0n) is 8.76. The van der Waals surface area contributed by atoms with E-state index in [1.807, 2.05) is 6.07 Å². The number of ether oxygens (including phenoxy) is 1. The van der Waals surface area contributed by atoms with Gasteiger partial charge in [0, 0.05) is 7.11 Å². The van der Waals surface area contributed by atoms with Gasteiger partial charge in [0.1, 0.15) is 12.4 Å². The second-order valence-corrected chi connectivity index (χ2v) is 3.84. The van der Waals surface area contributed by atoms with E-state index in [0.717, 1.165) is 25.7 Å². The predicted molar refractivity (Wildman–Crippen MR) is 53.0 cm³/mol. The molecular weight excluding hydrogens is 192 g/mol. The summed E-state index contributed by atoms with van der Waals surface area (Å²) in [5.74, 6) is 0.245. The van der Waals surface area contributed by atoms with E-state index in [1.54, 1.807) is 18.1 Å². The number of nitriles is 1. The third-order valence-corrected chi connectivity index (χ3v) is 2.91. The van der Waals surface area contributed by atoms with Crippen LogP contribution >= 0.6 is 0 Å². The van der Waals surface area contributed by atoms with Crippen LogP contribution in [-0.2, 0) is 4.74 Å². The highest BCUT2D eigenvalue weighted by Gasteiger charge is 2.23. The fourth-order valence-corrected chi connectivity index (χ4v) is 2.08. The Kier molecular flexibility index (Phi) is 2.97. The second kappa shape index (κ2) is 4.41. The molecule has 0 aromatic carbocycles. The minimum absolute atomic E-state index is 0.245. The highest BCUT2D eigenvalue weighted by molar-refractivity contribution is 5.05. The maximum Gasteiger partial charge on any atom is 0.252 e. The van der Waals surface area contributed by atoms with E-state index < -0.39 is 0 Å². The van der Waals surface area contributed by atoms with Crippen LogP contribution in [0.3, 0.4) is 0 Å². The van der Waals surface area contributed by atoms with Crippen LogP contribution in [0.5, 0.6) is 0 Å². The van der Waals surface area contributed by atoms with Crippen LogP contribution in [-0.4, -0.2) is 28.0 Å². The summed E-state index contributed by atoms with van der Waals surface area (Å²) in [6.07, 6.45) is 6.27. The Morgan fingerprint density at radius 2 is 2.47 bits per heavy atom. The first kappa shape index (κ1) is 10.1. The van der Waals surface area contributed by atoms with Gasteiger partial charge in [-0.15, -0.1) is 5.10 Å². The Bertz CT molecular complexity index is 368. The lowest BCUT2D eigenvalue weighted by atomic mass is 9.93. The number of rotatable bonds is 2. The molecule has 0 radical (unpaired) electrons. The molecular formula is C10H14N4O. The van der Waals surface area contributed by atoms with Crippen LogP contribution in [0.25, 0.3) is 0 Å². The third kappa shape index (κ3) is 2.16. The molecule has 1 fully saturated rings. The molecule has 1 saturated carbocycles. The van der Waals surface area contributed by atoms with E-state index in [0.29, 0.717) is 12.1 Å². The lowest BCUT2D eigenvalue weighted by Gasteiger charge is -2.27. The average Bonchev–Trinajstić information content (AvgIpc) is 2.78. The Morgan fingerprint density at radius 1 is 1.60 bits per heavy atom. The average molecular weight is 206 g/mol. The summed E-state index contributed by atoms with van der Waals surface area (Å²) in [5.41, 5.74) is 0. The van der Waals surface area contributed by atoms with E-state index in [4.69, 9.17) is 10.00 Å². The Morgan fingerprint density at radius 3 is 3.13 bits per heavy atom. The van der Waals surface area contributed by atoms with Gasteiger partial charge < -0.3 is 4.74 Å². The molecule has 5 heteroatoms. The van der Waals surface area contributed by atoms with Crippen LogP contribution in [0.1, 0.15) is 37.5 Å². The summed E-state index contributed by atoms with van der Waals surface area (Å²) >= 11 is 0. The number of methoxy groups -OCH3 is 1. The highest BCUT2D eigenvalue weighted by atomic mass is 16.5. The topological polar surface area (TPSA) is 63.7 Å². The normalized spacial score (nSPS) is 26.1. The molecule has 5 nitrogen and oxygen atoms in total. The van der Waals surface area contributed by atoms with Crippen molar-refractivity contribution < 1.29 is 4.74 Å². The molecule has 1 aliphatic rings.